The Morgan fingerprint density at radius 1 is 1.14 bits per heavy atom. The van der Waals surface area contributed by atoms with Crippen LogP contribution in [0.3, 0.4) is 0 Å². The third-order valence-corrected chi connectivity index (χ3v) is 4.40. The summed E-state index contributed by atoms with van der Waals surface area (Å²) in [6.07, 6.45) is 5.25. The number of methoxy groups -OCH3 is 1. The molecule has 3 rings (SSSR count). The smallest absolute Gasteiger partial charge is 0.253 e. The standard InChI is InChI=1S/C23H22N2O3/c1-5-10-28-22-12-17(7-9-21(22)27-4)14-24-23(26)19-13-18-11-15(2)6-8-20(18)25-16(19)3/h1,6-9,11-13H,10,14H2,2-4H3,(H,24,26). The number of fused-ring (bicyclic) bond motifs is 1. The molecule has 1 aromatic heterocycles. The van der Waals surface area contributed by atoms with Crippen LogP contribution in [-0.4, -0.2) is 24.6 Å². The number of amides is 1. The molecule has 0 fully saturated rings. The molecule has 0 saturated carbocycles. The summed E-state index contributed by atoms with van der Waals surface area (Å²) < 4.78 is 10.8. The van der Waals surface area contributed by atoms with E-state index in [4.69, 9.17) is 15.9 Å². The number of aromatic nitrogens is 1. The van der Waals surface area contributed by atoms with Crippen molar-refractivity contribution in [3.8, 4) is 23.8 Å². The molecule has 0 atom stereocenters. The summed E-state index contributed by atoms with van der Waals surface area (Å²) >= 11 is 0. The summed E-state index contributed by atoms with van der Waals surface area (Å²) in [5.41, 5.74) is 4.15. The van der Waals surface area contributed by atoms with Gasteiger partial charge in [-0.15, -0.1) is 6.42 Å². The maximum absolute atomic E-state index is 12.7. The van der Waals surface area contributed by atoms with Crippen molar-refractivity contribution in [2.24, 2.45) is 0 Å². The quantitative estimate of drug-likeness (QED) is 0.667. The number of nitrogens with one attached hydrogen (secondary N) is 1. The highest BCUT2D eigenvalue weighted by Crippen LogP contribution is 2.28. The molecule has 0 spiro atoms. The number of nitrogens with zero attached hydrogens (tertiary/aromatic N) is 1. The summed E-state index contributed by atoms with van der Waals surface area (Å²) in [4.78, 5) is 17.3. The van der Waals surface area contributed by atoms with Crippen LogP contribution >= 0.6 is 0 Å². The first-order chi connectivity index (χ1) is 13.5. The van der Waals surface area contributed by atoms with Crippen LogP contribution < -0.4 is 14.8 Å². The molecule has 1 amide bonds. The van der Waals surface area contributed by atoms with E-state index < -0.39 is 0 Å². The molecule has 28 heavy (non-hydrogen) atoms. The van der Waals surface area contributed by atoms with Crippen LogP contribution in [0, 0.1) is 26.2 Å². The third-order valence-electron chi connectivity index (χ3n) is 4.40. The Labute approximate surface area is 164 Å². The summed E-state index contributed by atoms with van der Waals surface area (Å²) in [7, 11) is 1.57. The predicted octanol–water partition coefficient (Wildman–Crippen LogP) is 3.80. The second-order valence-electron chi connectivity index (χ2n) is 6.48. The van der Waals surface area contributed by atoms with Crippen LogP contribution in [-0.2, 0) is 6.54 Å². The Morgan fingerprint density at radius 3 is 2.71 bits per heavy atom. The molecule has 1 heterocycles. The van der Waals surface area contributed by atoms with Crippen molar-refractivity contribution in [3.63, 3.8) is 0 Å². The number of aryl methyl sites for hydroxylation is 2. The normalized spacial score (nSPS) is 10.4. The van der Waals surface area contributed by atoms with E-state index in [0.717, 1.165) is 22.0 Å². The van der Waals surface area contributed by atoms with Crippen molar-refractivity contribution < 1.29 is 14.3 Å². The number of carbonyl (C=O) groups excluding carboxylic acids is 1. The molecular formula is C23H22N2O3. The van der Waals surface area contributed by atoms with Gasteiger partial charge in [0.2, 0.25) is 0 Å². The molecule has 142 valence electrons. The van der Waals surface area contributed by atoms with Crippen LogP contribution in [0.15, 0.2) is 42.5 Å². The molecule has 1 N–H and O–H groups in total. The molecule has 5 nitrogen and oxygen atoms in total. The van der Waals surface area contributed by atoms with Crippen molar-refractivity contribution in [3.05, 3.63) is 64.8 Å². The zero-order valence-corrected chi connectivity index (χ0v) is 16.2. The third kappa shape index (κ3) is 4.24. The van der Waals surface area contributed by atoms with E-state index in [9.17, 15) is 4.79 Å². The second-order valence-corrected chi connectivity index (χ2v) is 6.48. The molecule has 0 saturated heterocycles. The van der Waals surface area contributed by atoms with Gasteiger partial charge >= 0.3 is 0 Å². The van der Waals surface area contributed by atoms with Gasteiger partial charge in [0.15, 0.2) is 11.5 Å². The highest BCUT2D eigenvalue weighted by atomic mass is 16.5. The van der Waals surface area contributed by atoms with Crippen molar-refractivity contribution in [2.75, 3.05) is 13.7 Å². The average Bonchev–Trinajstić information content (AvgIpc) is 2.70. The molecule has 0 aliphatic heterocycles. The van der Waals surface area contributed by atoms with Gasteiger partial charge in [-0.3, -0.25) is 9.78 Å². The Kier molecular flexibility index (Phi) is 5.81. The van der Waals surface area contributed by atoms with E-state index in [2.05, 4.69) is 16.2 Å². The fourth-order valence-electron chi connectivity index (χ4n) is 2.96. The molecule has 0 bridgehead atoms. The Morgan fingerprint density at radius 2 is 1.96 bits per heavy atom. The highest BCUT2D eigenvalue weighted by Gasteiger charge is 2.12. The van der Waals surface area contributed by atoms with Gasteiger partial charge in [0.1, 0.15) is 6.61 Å². The highest BCUT2D eigenvalue weighted by molar-refractivity contribution is 5.98. The lowest BCUT2D eigenvalue weighted by Gasteiger charge is -2.12. The van der Waals surface area contributed by atoms with Gasteiger partial charge in [-0.25, -0.2) is 0 Å². The number of ether oxygens (including phenoxy) is 2. The Bertz CT molecular complexity index is 1070. The molecule has 0 unspecified atom stereocenters. The van der Waals surface area contributed by atoms with Gasteiger partial charge in [-0.1, -0.05) is 23.6 Å². The van der Waals surface area contributed by atoms with Crippen LogP contribution in [0.5, 0.6) is 11.5 Å². The largest absolute Gasteiger partial charge is 0.493 e. The first kappa shape index (κ1) is 19.2. The lowest BCUT2D eigenvalue weighted by atomic mass is 10.1. The van der Waals surface area contributed by atoms with Crippen LogP contribution in [0.1, 0.15) is 27.2 Å². The zero-order chi connectivity index (χ0) is 20.1. The number of carbonyl (C=O) groups is 1. The zero-order valence-electron chi connectivity index (χ0n) is 16.2. The van der Waals surface area contributed by atoms with Gasteiger partial charge in [0, 0.05) is 11.9 Å². The number of benzene rings is 2. The second kappa shape index (κ2) is 8.45. The van der Waals surface area contributed by atoms with Crippen LogP contribution in [0.4, 0.5) is 0 Å². The molecule has 5 heteroatoms. The van der Waals surface area contributed by atoms with Gasteiger partial charge in [-0.05, 0) is 49.7 Å². The minimum Gasteiger partial charge on any atom is -0.493 e. The lowest BCUT2D eigenvalue weighted by molar-refractivity contribution is 0.0950. The van der Waals surface area contributed by atoms with Crippen molar-refractivity contribution in [2.45, 2.75) is 20.4 Å². The molecule has 0 radical (unpaired) electrons. The van der Waals surface area contributed by atoms with E-state index >= 15 is 0 Å². The summed E-state index contributed by atoms with van der Waals surface area (Å²) in [5.74, 6) is 3.40. The number of hydrogen-bond donors (Lipinski definition) is 1. The molecule has 3 aromatic rings. The van der Waals surface area contributed by atoms with Gasteiger partial charge in [-0.2, -0.15) is 0 Å². The van der Waals surface area contributed by atoms with Crippen LogP contribution in [0.2, 0.25) is 0 Å². The maximum Gasteiger partial charge on any atom is 0.253 e. The first-order valence-electron chi connectivity index (χ1n) is 8.91. The molecule has 0 aliphatic carbocycles. The SMILES string of the molecule is C#CCOc1cc(CNC(=O)c2cc3cc(C)ccc3nc2C)ccc1OC. The Balaban J connectivity index is 1.78. The number of terminal acetylenes is 1. The van der Waals surface area contributed by atoms with E-state index in [-0.39, 0.29) is 12.5 Å². The Hall–Kier alpha value is -3.52. The molecule has 0 aliphatic rings. The van der Waals surface area contributed by atoms with Gasteiger partial charge in [0.25, 0.3) is 5.91 Å². The number of rotatable bonds is 6. The monoisotopic (exact) mass is 374 g/mol. The fourth-order valence-corrected chi connectivity index (χ4v) is 2.96. The topological polar surface area (TPSA) is 60.5 Å². The molecule has 2 aromatic carbocycles. The summed E-state index contributed by atoms with van der Waals surface area (Å²) in [5, 5.41) is 3.89. The fraction of sp³-hybridized carbons (Fsp3) is 0.217. The number of hydrogen-bond acceptors (Lipinski definition) is 4. The predicted molar refractivity (Wildman–Crippen MR) is 110 cm³/mol. The summed E-state index contributed by atoms with van der Waals surface area (Å²) in [6, 6.07) is 13.4. The summed E-state index contributed by atoms with van der Waals surface area (Å²) in [6.45, 7) is 4.35. The average molecular weight is 374 g/mol. The number of pyridine rings is 1. The maximum atomic E-state index is 12.7. The van der Waals surface area contributed by atoms with Gasteiger partial charge in [0.05, 0.1) is 23.9 Å². The van der Waals surface area contributed by atoms with E-state index in [0.29, 0.717) is 29.3 Å². The molecular weight excluding hydrogens is 352 g/mol. The van der Waals surface area contributed by atoms with E-state index in [1.54, 1.807) is 13.2 Å². The van der Waals surface area contributed by atoms with E-state index in [1.807, 2.05) is 50.2 Å². The minimum absolute atomic E-state index is 0.146. The minimum atomic E-state index is -0.171. The van der Waals surface area contributed by atoms with Crippen LogP contribution in [0.25, 0.3) is 10.9 Å². The lowest BCUT2D eigenvalue weighted by Crippen LogP contribution is -2.24. The van der Waals surface area contributed by atoms with E-state index in [1.165, 1.54) is 0 Å². The van der Waals surface area contributed by atoms with Crippen molar-refractivity contribution in [1.82, 2.24) is 10.3 Å². The van der Waals surface area contributed by atoms with Gasteiger partial charge < -0.3 is 14.8 Å². The van der Waals surface area contributed by atoms with Crippen molar-refractivity contribution in [1.29, 1.82) is 0 Å². The first-order valence-corrected chi connectivity index (χ1v) is 8.91. The van der Waals surface area contributed by atoms with Crippen molar-refractivity contribution >= 4 is 16.8 Å².